The van der Waals surface area contributed by atoms with Crippen LogP contribution >= 0.6 is 0 Å². The topological polar surface area (TPSA) is 23.5 Å². The van der Waals surface area contributed by atoms with Crippen LogP contribution in [0.25, 0.3) is 0 Å². The zero-order valence-corrected chi connectivity index (χ0v) is 10.2. The predicted molar refractivity (Wildman–Crippen MR) is 65.0 cm³/mol. The van der Waals surface area contributed by atoms with Crippen molar-refractivity contribution in [3.63, 3.8) is 0 Å². The molecule has 1 rings (SSSR count). The SMILES string of the molecule is CCCCCCCN1CCCC(CO)C1. The van der Waals surface area contributed by atoms with Gasteiger partial charge in [0.05, 0.1) is 0 Å². The molecule has 0 radical (unpaired) electrons. The van der Waals surface area contributed by atoms with Gasteiger partial charge in [-0.25, -0.2) is 0 Å². The van der Waals surface area contributed by atoms with Gasteiger partial charge in [0.2, 0.25) is 0 Å². The molecule has 0 spiro atoms. The fraction of sp³-hybridized carbons (Fsp3) is 1.00. The van der Waals surface area contributed by atoms with Crippen LogP contribution in [0.2, 0.25) is 0 Å². The fourth-order valence-electron chi connectivity index (χ4n) is 2.44. The lowest BCUT2D eigenvalue weighted by atomic mass is 9.99. The first kappa shape index (κ1) is 13.0. The molecule has 90 valence electrons. The van der Waals surface area contributed by atoms with Gasteiger partial charge >= 0.3 is 0 Å². The number of hydrogen-bond acceptors (Lipinski definition) is 2. The lowest BCUT2D eigenvalue weighted by Crippen LogP contribution is -2.37. The number of aliphatic hydroxyl groups is 1. The third-order valence-corrected chi connectivity index (χ3v) is 3.44. The Kier molecular flexibility index (Phi) is 7.03. The van der Waals surface area contributed by atoms with Crippen LogP contribution in [-0.2, 0) is 0 Å². The summed E-state index contributed by atoms with van der Waals surface area (Å²) in [4.78, 5) is 2.54. The minimum atomic E-state index is 0.381. The van der Waals surface area contributed by atoms with E-state index in [0.717, 1.165) is 6.54 Å². The zero-order chi connectivity index (χ0) is 10.9. The van der Waals surface area contributed by atoms with Crippen molar-refractivity contribution in [3.8, 4) is 0 Å². The van der Waals surface area contributed by atoms with Gasteiger partial charge in [-0.3, -0.25) is 0 Å². The first-order chi connectivity index (χ1) is 7.36. The van der Waals surface area contributed by atoms with Crippen molar-refractivity contribution in [3.05, 3.63) is 0 Å². The Balaban J connectivity index is 2.00. The van der Waals surface area contributed by atoms with Gasteiger partial charge in [0.1, 0.15) is 0 Å². The van der Waals surface area contributed by atoms with Crippen LogP contribution in [0.15, 0.2) is 0 Å². The van der Waals surface area contributed by atoms with E-state index < -0.39 is 0 Å². The number of hydrogen-bond donors (Lipinski definition) is 1. The normalized spacial score (nSPS) is 23.2. The van der Waals surface area contributed by atoms with Crippen LogP contribution in [0.4, 0.5) is 0 Å². The zero-order valence-electron chi connectivity index (χ0n) is 10.2. The Morgan fingerprint density at radius 3 is 2.73 bits per heavy atom. The molecule has 1 fully saturated rings. The van der Waals surface area contributed by atoms with Crippen molar-refractivity contribution in [2.24, 2.45) is 5.92 Å². The highest BCUT2D eigenvalue weighted by Gasteiger charge is 2.18. The van der Waals surface area contributed by atoms with E-state index in [9.17, 15) is 0 Å². The average Bonchev–Trinajstić information content (AvgIpc) is 2.29. The van der Waals surface area contributed by atoms with Crippen LogP contribution in [0.3, 0.4) is 0 Å². The molecule has 2 nitrogen and oxygen atoms in total. The lowest BCUT2D eigenvalue weighted by molar-refractivity contribution is 0.119. The summed E-state index contributed by atoms with van der Waals surface area (Å²) >= 11 is 0. The van der Waals surface area contributed by atoms with Crippen molar-refractivity contribution in [2.75, 3.05) is 26.2 Å². The molecule has 0 bridgehead atoms. The standard InChI is InChI=1S/C13H27NO/c1-2-3-4-5-6-9-14-10-7-8-13(11-14)12-15/h13,15H,2-12H2,1H3. The molecule has 2 heteroatoms. The van der Waals surface area contributed by atoms with Gasteiger partial charge in [-0.1, -0.05) is 32.6 Å². The first-order valence-corrected chi connectivity index (χ1v) is 6.70. The highest BCUT2D eigenvalue weighted by Crippen LogP contribution is 2.16. The molecule has 0 saturated carbocycles. The Morgan fingerprint density at radius 1 is 1.20 bits per heavy atom. The van der Waals surface area contributed by atoms with Gasteiger partial charge in [0.25, 0.3) is 0 Å². The number of piperidine rings is 1. The maximum atomic E-state index is 9.12. The largest absolute Gasteiger partial charge is 0.396 e. The smallest absolute Gasteiger partial charge is 0.0471 e. The predicted octanol–water partition coefficient (Wildman–Crippen LogP) is 2.66. The molecule has 0 aliphatic carbocycles. The maximum absolute atomic E-state index is 9.12. The van der Waals surface area contributed by atoms with Crippen LogP contribution in [0, 0.1) is 5.92 Å². The van der Waals surface area contributed by atoms with Crippen molar-refractivity contribution in [2.45, 2.75) is 51.9 Å². The second-order valence-corrected chi connectivity index (χ2v) is 4.91. The molecule has 1 aliphatic heterocycles. The molecule has 1 atom stereocenters. The van der Waals surface area contributed by atoms with Crippen LogP contribution in [0.1, 0.15) is 51.9 Å². The van der Waals surface area contributed by atoms with Crippen LogP contribution in [0.5, 0.6) is 0 Å². The van der Waals surface area contributed by atoms with E-state index in [0.29, 0.717) is 12.5 Å². The highest BCUT2D eigenvalue weighted by molar-refractivity contribution is 4.72. The summed E-state index contributed by atoms with van der Waals surface area (Å²) in [5, 5.41) is 9.12. The average molecular weight is 213 g/mol. The number of nitrogens with zero attached hydrogens (tertiary/aromatic N) is 1. The van der Waals surface area contributed by atoms with Crippen LogP contribution < -0.4 is 0 Å². The number of aliphatic hydroxyl groups excluding tert-OH is 1. The molecule has 1 N–H and O–H groups in total. The summed E-state index contributed by atoms with van der Waals surface area (Å²) in [6.45, 7) is 6.28. The number of unbranched alkanes of at least 4 members (excludes halogenated alkanes) is 4. The summed E-state index contributed by atoms with van der Waals surface area (Å²) in [7, 11) is 0. The molecule has 1 heterocycles. The van der Waals surface area contributed by atoms with E-state index in [-0.39, 0.29) is 0 Å². The summed E-state index contributed by atoms with van der Waals surface area (Å²) < 4.78 is 0. The summed E-state index contributed by atoms with van der Waals surface area (Å²) in [5.41, 5.74) is 0. The van der Waals surface area contributed by atoms with Gasteiger partial charge in [-0.2, -0.15) is 0 Å². The van der Waals surface area contributed by atoms with E-state index in [1.165, 1.54) is 58.0 Å². The van der Waals surface area contributed by atoms with Crippen molar-refractivity contribution in [1.82, 2.24) is 4.90 Å². The third kappa shape index (κ3) is 5.53. The molecule has 1 saturated heterocycles. The second-order valence-electron chi connectivity index (χ2n) is 4.91. The Labute approximate surface area is 94.7 Å². The molecule has 0 amide bonds. The van der Waals surface area contributed by atoms with E-state index in [2.05, 4.69) is 11.8 Å². The molecular weight excluding hydrogens is 186 g/mol. The monoisotopic (exact) mass is 213 g/mol. The molecule has 0 aromatic carbocycles. The Morgan fingerprint density at radius 2 is 2.00 bits per heavy atom. The van der Waals surface area contributed by atoms with Crippen molar-refractivity contribution in [1.29, 1.82) is 0 Å². The van der Waals surface area contributed by atoms with Gasteiger partial charge in [0, 0.05) is 13.2 Å². The highest BCUT2D eigenvalue weighted by atomic mass is 16.3. The summed E-state index contributed by atoms with van der Waals surface area (Å²) in [6.07, 6.45) is 9.35. The lowest BCUT2D eigenvalue weighted by Gasteiger charge is -2.31. The van der Waals surface area contributed by atoms with Gasteiger partial charge in [0.15, 0.2) is 0 Å². The molecule has 1 unspecified atom stereocenters. The number of likely N-dealkylation sites (tertiary alicyclic amines) is 1. The van der Waals surface area contributed by atoms with E-state index in [1.54, 1.807) is 0 Å². The molecule has 0 aromatic rings. The quantitative estimate of drug-likeness (QED) is 0.657. The second kappa shape index (κ2) is 8.12. The van der Waals surface area contributed by atoms with E-state index >= 15 is 0 Å². The maximum Gasteiger partial charge on any atom is 0.0471 e. The molecule has 1 aliphatic rings. The Bertz CT molecular complexity index is 149. The molecule has 15 heavy (non-hydrogen) atoms. The van der Waals surface area contributed by atoms with Gasteiger partial charge in [-0.05, 0) is 38.3 Å². The first-order valence-electron chi connectivity index (χ1n) is 6.70. The summed E-state index contributed by atoms with van der Waals surface area (Å²) in [5.74, 6) is 0.550. The summed E-state index contributed by atoms with van der Waals surface area (Å²) in [6, 6.07) is 0. The fourth-order valence-corrected chi connectivity index (χ4v) is 2.44. The Hall–Kier alpha value is -0.0800. The molecule has 0 aromatic heterocycles. The minimum Gasteiger partial charge on any atom is -0.396 e. The van der Waals surface area contributed by atoms with Gasteiger partial charge < -0.3 is 10.0 Å². The molecular formula is C13H27NO. The number of rotatable bonds is 7. The van der Waals surface area contributed by atoms with E-state index in [4.69, 9.17) is 5.11 Å². The van der Waals surface area contributed by atoms with E-state index in [1.807, 2.05) is 0 Å². The van der Waals surface area contributed by atoms with Gasteiger partial charge in [-0.15, -0.1) is 0 Å². The van der Waals surface area contributed by atoms with Crippen LogP contribution in [-0.4, -0.2) is 36.2 Å². The van der Waals surface area contributed by atoms with Crippen molar-refractivity contribution < 1.29 is 5.11 Å². The minimum absolute atomic E-state index is 0.381. The van der Waals surface area contributed by atoms with Crippen molar-refractivity contribution >= 4 is 0 Å². The third-order valence-electron chi connectivity index (χ3n) is 3.44.